The number of rotatable bonds is 5. The van der Waals surface area contributed by atoms with Gasteiger partial charge < -0.3 is 10.2 Å². The molecule has 2 N–H and O–H groups in total. The Bertz CT molecular complexity index is 289. The van der Waals surface area contributed by atoms with Crippen LogP contribution in [0, 0.1) is 0 Å². The van der Waals surface area contributed by atoms with E-state index in [1.807, 2.05) is 36.2 Å². The van der Waals surface area contributed by atoms with Crippen molar-refractivity contribution < 1.29 is 10.2 Å². The van der Waals surface area contributed by atoms with Crippen molar-refractivity contribution in [2.24, 2.45) is 0 Å². The molecule has 0 heterocycles. The zero-order valence-electron chi connectivity index (χ0n) is 8.73. The molecular formula is C11H16BrNO2. The maximum Gasteiger partial charge on any atom is 0.0897 e. The molecular weight excluding hydrogens is 258 g/mol. The van der Waals surface area contributed by atoms with Gasteiger partial charge in [-0.05, 0) is 24.7 Å². The second-order valence-corrected chi connectivity index (χ2v) is 4.58. The molecule has 0 radical (unpaired) electrons. The van der Waals surface area contributed by atoms with Crippen molar-refractivity contribution >= 4 is 15.9 Å². The lowest BCUT2D eigenvalue weighted by atomic mass is 10.2. The minimum absolute atomic E-state index is 0.190. The van der Waals surface area contributed by atoms with Gasteiger partial charge in [0.25, 0.3) is 0 Å². The highest BCUT2D eigenvalue weighted by molar-refractivity contribution is 9.10. The second kappa shape index (κ2) is 6.23. The van der Waals surface area contributed by atoms with E-state index < -0.39 is 6.10 Å². The zero-order chi connectivity index (χ0) is 11.3. The van der Waals surface area contributed by atoms with E-state index >= 15 is 0 Å². The van der Waals surface area contributed by atoms with E-state index in [-0.39, 0.29) is 6.61 Å². The van der Waals surface area contributed by atoms with E-state index in [1.165, 1.54) is 5.56 Å². The Morgan fingerprint density at radius 3 is 2.47 bits per heavy atom. The van der Waals surface area contributed by atoms with Crippen LogP contribution in [-0.2, 0) is 6.54 Å². The van der Waals surface area contributed by atoms with Crippen molar-refractivity contribution in [3.63, 3.8) is 0 Å². The van der Waals surface area contributed by atoms with Crippen LogP contribution in [-0.4, -0.2) is 41.4 Å². The number of aliphatic hydroxyl groups excluding tert-OH is 2. The van der Waals surface area contributed by atoms with Gasteiger partial charge in [-0.1, -0.05) is 28.1 Å². The topological polar surface area (TPSA) is 43.7 Å². The largest absolute Gasteiger partial charge is 0.394 e. The molecule has 0 amide bonds. The van der Waals surface area contributed by atoms with Crippen molar-refractivity contribution in [2.75, 3.05) is 20.2 Å². The van der Waals surface area contributed by atoms with Crippen LogP contribution in [0.25, 0.3) is 0 Å². The average molecular weight is 274 g/mol. The first-order valence-electron chi connectivity index (χ1n) is 4.83. The average Bonchev–Trinajstić information content (AvgIpc) is 2.21. The van der Waals surface area contributed by atoms with Crippen LogP contribution in [0.4, 0.5) is 0 Å². The summed E-state index contributed by atoms with van der Waals surface area (Å²) in [5, 5.41) is 18.0. The molecule has 4 heteroatoms. The quantitative estimate of drug-likeness (QED) is 0.849. The van der Waals surface area contributed by atoms with Gasteiger partial charge in [-0.25, -0.2) is 0 Å². The second-order valence-electron chi connectivity index (χ2n) is 3.66. The Morgan fingerprint density at radius 2 is 1.93 bits per heavy atom. The van der Waals surface area contributed by atoms with E-state index in [1.54, 1.807) is 0 Å². The maximum absolute atomic E-state index is 9.25. The summed E-state index contributed by atoms with van der Waals surface area (Å²) in [4.78, 5) is 1.98. The SMILES string of the molecule is CN(Cc1ccc(Br)cc1)CC(O)CO. The van der Waals surface area contributed by atoms with Gasteiger partial charge in [0.1, 0.15) is 0 Å². The lowest BCUT2D eigenvalue weighted by Crippen LogP contribution is -2.30. The number of hydrogen-bond acceptors (Lipinski definition) is 3. The summed E-state index contributed by atoms with van der Waals surface area (Å²) < 4.78 is 1.06. The van der Waals surface area contributed by atoms with Crippen molar-refractivity contribution in [2.45, 2.75) is 12.6 Å². The molecule has 0 aromatic heterocycles. The van der Waals surface area contributed by atoms with Crippen LogP contribution in [0.2, 0.25) is 0 Å². The van der Waals surface area contributed by atoms with Crippen molar-refractivity contribution in [3.8, 4) is 0 Å². The van der Waals surface area contributed by atoms with E-state index in [4.69, 9.17) is 5.11 Å². The lowest BCUT2D eigenvalue weighted by Gasteiger charge is -2.19. The summed E-state index contributed by atoms with van der Waals surface area (Å²) in [6, 6.07) is 8.05. The van der Waals surface area contributed by atoms with Gasteiger partial charge in [0, 0.05) is 17.6 Å². The van der Waals surface area contributed by atoms with Crippen LogP contribution in [0.1, 0.15) is 5.56 Å². The molecule has 1 unspecified atom stereocenters. The van der Waals surface area contributed by atoms with Crippen LogP contribution in [0.3, 0.4) is 0 Å². The Labute approximate surface area is 98.5 Å². The maximum atomic E-state index is 9.25. The predicted molar refractivity (Wildman–Crippen MR) is 63.6 cm³/mol. The summed E-state index contributed by atoms with van der Waals surface area (Å²) >= 11 is 3.38. The van der Waals surface area contributed by atoms with Crippen LogP contribution >= 0.6 is 15.9 Å². The Balaban J connectivity index is 2.44. The number of aliphatic hydroxyl groups is 2. The molecule has 1 rings (SSSR count). The van der Waals surface area contributed by atoms with Crippen LogP contribution in [0.5, 0.6) is 0 Å². The molecule has 0 aliphatic carbocycles. The molecule has 3 nitrogen and oxygen atoms in total. The fourth-order valence-corrected chi connectivity index (χ4v) is 1.65. The molecule has 0 spiro atoms. The highest BCUT2D eigenvalue weighted by Gasteiger charge is 2.06. The minimum atomic E-state index is -0.662. The van der Waals surface area contributed by atoms with Gasteiger partial charge in [0.05, 0.1) is 12.7 Å². The molecule has 84 valence electrons. The third kappa shape index (κ3) is 4.75. The molecule has 0 fully saturated rings. The molecule has 0 aliphatic rings. The number of likely N-dealkylation sites (N-methyl/N-ethyl adjacent to an activating group) is 1. The normalized spacial score (nSPS) is 13.1. The zero-order valence-corrected chi connectivity index (χ0v) is 10.3. The van der Waals surface area contributed by atoms with E-state index in [0.717, 1.165) is 11.0 Å². The van der Waals surface area contributed by atoms with E-state index in [2.05, 4.69) is 15.9 Å². The number of benzene rings is 1. The first-order valence-corrected chi connectivity index (χ1v) is 5.63. The number of halogens is 1. The Hall–Kier alpha value is -0.420. The van der Waals surface area contributed by atoms with Gasteiger partial charge in [0.15, 0.2) is 0 Å². The summed E-state index contributed by atoms with van der Waals surface area (Å²) in [6.45, 7) is 1.06. The first kappa shape index (κ1) is 12.6. The highest BCUT2D eigenvalue weighted by Crippen LogP contribution is 2.11. The first-order chi connectivity index (χ1) is 7.11. The van der Waals surface area contributed by atoms with Gasteiger partial charge in [-0.2, -0.15) is 0 Å². The van der Waals surface area contributed by atoms with Gasteiger partial charge in [-0.3, -0.25) is 4.90 Å². The summed E-state index contributed by atoms with van der Waals surface area (Å²) in [5.74, 6) is 0. The predicted octanol–water partition coefficient (Wildman–Crippen LogP) is 1.23. The molecule has 1 aromatic rings. The monoisotopic (exact) mass is 273 g/mol. The fraction of sp³-hybridized carbons (Fsp3) is 0.455. The van der Waals surface area contributed by atoms with E-state index in [0.29, 0.717) is 6.54 Å². The molecule has 1 atom stereocenters. The molecule has 15 heavy (non-hydrogen) atoms. The van der Waals surface area contributed by atoms with E-state index in [9.17, 15) is 5.11 Å². The van der Waals surface area contributed by atoms with Crippen LogP contribution in [0.15, 0.2) is 28.7 Å². The summed E-state index contributed by atoms with van der Waals surface area (Å²) in [7, 11) is 1.92. The smallest absolute Gasteiger partial charge is 0.0897 e. The van der Waals surface area contributed by atoms with Gasteiger partial charge >= 0.3 is 0 Å². The van der Waals surface area contributed by atoms with Crippen molar-refractivity contribution in [3.05, 3.63) is 34.3 Å². The third-order valence-corrected chi connectivity index (χ3v) is 2.63. The van der Waals surface area contributed by atoms with Crippen molar-refractivity contribution in [1.82, 2.24) is 4.90 Å². The van der Waals surface area contributed by atoms with Crippen LogP contribution < -0.4 is 0 Å². The summed E-state index contributed by atoms with van der Waals surface area (Å²) in [6.07, 6.45) is -0.662. The Kier molecular flexibility index (Phi) is 5.25. The minimum Gasteiger partial charge on any atom is -0.394 e. The molecule has 0 aliphatic heterocycles. The number of nitrogens with zero attached hydrogens (tertiary/aromatic N) is 1. The Morgan fingerprint density at radius 1 is 1.33 bits per heavy atom. The fourth-order valence-electron chi connectivity index (χ4n) is 1.38. The van der Waals surface area contributed by atoms with Gasteiger partial charge in [0.2, 0.25) is 0 Å². The summed E-state index contributed by atoms with van der Waals surface area (Å²) in [5.41, 5.74) is 1.19. The molecule has 0 saturated heterocycles. The van der Waals surface area contributed by atoms with Gasteiger partial charge in [-0.15, -0.1) is 0 Å². The molecule has 0 bridgehead atoms. The number of hydrogen-bond donors (Lipinski definition) is 2. The standard InChI is InChI=1S/C11H16BrNO2/c1-13(7-11(15)8-14)6-9-2-4-10(12)5-3-9/h2-5,11,14-15H,6-8H2,1H3. The lowest BCUT2D eigenvalue weighted by molar-refractivity contribution is 0.0648. The third-order valence-electron chi connectivity index (χ3n) is 2.10. The highest BCUT2D eigenvalue weighted by atomic mass is 79.9. The molecule has 0 saturated carbocycles. The molecule has 1 aromatic carbocycles. The van der Waals surface area contributed by atoms with Crippen molar-refractivity contribution in [1.29, 1.82) is 0 Å².